The van der Waals surface area contributed by atoms with Gasteiger partial charge in [0.25, 0.3) is 0 Å². The second kappa shape index (κ2) is 6.23. The Balaban J connectivity index is 0.00000162. The molecule has 0 radical (unpaired) electrons. The maximum absolute atomic E-state index is 2.28. The van der Waals surface area contributed by atoms with Gasteiger partial charge in [0.2, 0.25) is 0 Å². The fraction of sp³-hybridized carbons (Fsp3) is 0.235. The van der Waals surface area contributed by atoms with Crippen molar-refractivity contribution >= 4 is 0 Å². The summed E-state index contributed by atoms with van der Waals surface area (Å²) in [4.78, 5) is 0. The summed E-state index contributed by atoms with van der Waals surface area (Å²) in [5.41, 5.74) is 2.76. The van der Waals surface area contributed by atoms with Crippen molar-refractivity contribution in [3.63, 3.8) is 0 Å². The Kier molecular flexibility index (Phi) is 5.20. The predicted octanol–water partition coefficient (Wildman–Crippen LogP) is 4.60. The molecule has 0 saturated heterocycles. The molecule has 0 aliphatic heterocycles. The van der Waals surface area contributed by atoms with Gasteiger partial charge in [-0.3, -0.25) is 0 Å². The molecule has 2 aromatic carbocycles. The van der Waals surface area contributed by atoms with E-state index in [1.165, 1.54) is 17.0 Å². The van der Waals surface area contributed by atoms with Gasteiger partial charge in [-0.1, -0.05) is 57.2 Å². The summed E-state index contributed by atoms with van der Waals surface area (Å²) in [5.74, 6) is 1.41. The second-order valence-corrected chi connectivity index (χ2v) is 4.98. The first-order chi connectivity index (χ1) is 8.12. The first kappa shape index (κ1) is 15.0. The van der Waals surface area contributed by atoms with Crippen LogP contribution in [0.2, 0.25) is 0 Å². The van der Waals surface area contributed by atoms with E-state index in [4.69, 9.17) is 0 Å². The molecule has 0 saturated carbocycles. The molecule has 0 unspecified atom stereocenters. The van der Waals surface area contributed by atoms with Crippen LogP contribution in [0.4, 0.5) is 0 Å². The summed E-state index contributed by atoms with van der Waals surface area (Å²) in [6, 6.07) is 21.3. The number of benzene rings is 2. The summed E-state index contributed by atoms with van der Waals surface area (Å²) in [5, 5.41) is 0. The van der Waals surface area contributed by atoms with Crippen LogP contribution >= 0.6 is 0 Å². The molecule has 2 aromatic rings. The van der Waals surface area contributed by atoms with Crippen molar-refractivity contribution in [2.45, 2.75) is 26.2 Å². The molecular formula is C17H19Pd-. The minimum Gasteiger partial charge on any atom is -0.188 e. The fourth-order valence-electron chi connectivity index (χ4n) is 2.12. The van der Waals surface area contributed by atoms with Gasteiger partial charge in [-0.25, -0.2) is 0 Å². The molecule has 0 aliphatic rings. The van der Waals surface area contributed by atoms with E-state index >= 15 is 0 Å². The zero-order valence-electron chi connectivity index (χ0n) is 11.1. The Hall–Kier alpha value is -1.03. The van der Waals surface area contributed by atoms with E-state index in [-0.39, 0.29) is 25.8 Å². The van der Waals surface area contributed by atoms with Crippen LogP contribution in [0.25, 0.3) is 0 Å². The molecule has 0 aromatic heterocycles. The van der Waals surface area contributed by atoms with Gasteiger partial charge in [0.05, 0.1) is 0 Å². The number of hydrogen-bond acceptors (Lipinski definition) is 0. The van der Waals surface area contributed by atoms with Gasteiger partial charge in [0.15, 0.2) is 0 Å². The van der Waals surface area contributed by atoms with Crippen LogP contribution in [0.15, 0.2) is 60.7 Å². The second-order valence-electron chi connectivity index (χ2n) is 4.98. The standard InChI is InChI=1S/C17H19.Pd/c1-14(15-10-6-4-7-11-15)17(2,3)16-12-8-5-9-13-16;/h4-13H,1-3H3;/q-1;. The molecule has 1 heteroatoms. The van der Waals surface area contributed by atoms with Crippen LogP contribution in [0.1, 0.15) is 31.9 Å². The van der Waals surface area contributed by atoms with Crippen molar-refractivity contribution < 1.29 is 20.4 Å². The van der Waals surface area contributed by atoms with E-state index in [1.807, 2.05) is 0 Å². The molecule has 0 aliphatic carbocycles. The quantitative estimate of drug-likeness (QED) is 0.570. The fourth-order valence-corrected chi connectivity index (χ4v) is 2.12. The Morgan fingerprint density at radius 1 is 0.778 bits per heavy atom. The van der Waals surface area contributed by atoms with E-state index < -0.39 is 0 Å². The monoisotopic (exact) mass is 329 g/mol. The average Bonchev–Trinajstić information content (AvgIpc) is 2.40. The molecule has 18 heavy (non-hydrogen) atoms. The first-order valence-electron chi connectivity index (χ1n) is 6.07. The zero-order valence-corrected chi connectivity index (χ0v) is 12.6. The van der Waals surface area contributed by atoms with Crippen molar-refractivity contribution in [3.8, 4) is 0 Å². The molecule has 0 heterocycles. The van der Waals surface area contributed by atoms with Gasteiger partial charge >= 0.3 is 0 Å². The van der Waals surface area contributed by atoms with Crippen LogP contribution in [-0.4, -0.2) is 0 Å². The smallest absolute Gasteiger partial charge is 0 e. The van der Waals surface area contributed by atoms with Crippen LogP contribution in [0.3, 0.4) is 0 Å². The summed E-state index contributed by atoms with van der Waals surface area (Å²) < 4.78 is 0. The maximum Gasteiger partial charge on any atom is 0 e. The molecule has 0 spiro atoms. The van der Waals surface area contributed by atoms with E-state index in [9.17, 15) is 0 Å². The summed E-state index contributed by atoms with van der Waals surface area (Å²) >= 11 is 0. The summed E-state index contributed by atoms with van der Waals surface area (Å²) in [6.45, 7) is 6.79. The molecule has 0 amide bonds. The van der Waals surface area contributed by atoms with Crippen LogP contribution in [-0.2, 0) is 25.8 Å². The molecule has 0 bridgehead atoms. The molecule has 98 valence electrons. The van der Waals surface area contributed by atoms with Crippen LogP contribution in [0, 0.1) is 5.92 Å². The minimum atomic E-state index is 0. The number of hydrogen-bond donors (Lipinski definition) is 0. The molecule has 2 rings (SSSR count). The van der Waals surface area contributed by atoms with Crippen molar-refractivity contribution in [1.29, 1.82) is 0 Å². The van der Waals surface area contributed by atoms with E-state index in [0.717, 1.165) is 0 Å². The normalized spacial score (nSPS) is 10.6. The van der Waals surface area contributed by atoms with Gasteiger partial charge < -0.3 is 0 Å². The minimum absolute atomic E-state index is 0. The molecular weight excluding hydrogens is 311 g/mol. The Morgan fingerprint density at radius 3 is 1.72 bits per heavy atom. The largest absolute Gasteiger partial charge is 0.188 e. The molecule has 0 fully saturated rings. The van der Waals surface area contributed by atoms with E-state index in [0.29, 0.717) is 0 Å². The van der Waals surface area contributed by atoms with Gasteiger partial charge in [-0.2, -0.15) is 23.6 Å². The summed E-state index contributed by atoms with van der Waals surface area (Å²) in [7, 11) is 0. The zero-order chi connectivity index (χ0) is 12.3. The predicted molar refractivity (Wildman–Crippen MR) is 73.9 cm³/mol. The van der Waals surface area contributed by atoms with Gasteiger partial charge in [0.1, 0.15) is 0 Å². The number of rotatable bonds is 3. The van der Waals surface area contributed by atoms with Gasteiger partial charge in [-0.15, -0.1) is 12.1 Å². The van der Waals surface area contributed by atoms with Crippen molar-refractivity contribution in [2.24, 2.45) is 0 Å². The van der Waals surface area contributed by atoms with Gasteiger partial charge in [0, 0.05) is 20.4 Å². The Bertz CT molecular complexity index is 459. The van der Waals surface area contributed by atoms with Crippen molar-refractivity contribution in [1.82, 2.24) is 0 Å². The van der Waals surface area contributed by atoms with Gasteiger partial charge in [-0.05, 0) is 11.0 Å². The third kappa shape index (κ3) is 3.05. The third-order valence-corrected chi connectivity index (χ3v) is 3.64. The molecule has 0 N–H and O–H groups in total. The Labute approximate surface area is 124 Å². The van der Waals surface area contributed by atoms with Crippen LogP contribution < -0.4 is 0 Å². The maximum atomic E-state index is 2.28. The Morgan fingerprint density at radius 2 is 1.22 bits per heavy atom. The molecule has 0 atom stereocenters. The van der Waals surface area contributed by atoms with Crippen molar-refractivity contribution in [2.75, 3.05) is 0 Å². The average molecular weight is 330 g/mol. The van der Waals surface area contributed by atoms with E-state index in [2.05, 4.69) is 81.4 Å². The summed E-state index contributed by atoms with van der Waals surface area (Å²) in [6.07, 6.45) is 0. The van der Waals surface area contributed by atoms with E-state index in [1.54, 1.807) is 0 Å². The van der Waals surface area contributed by atoms with Crippen LogP contribution in [0.5, 0.6) is 0 Å². The van der Waals surface area contributed by atoms with Crippen molar-refractivity contribution in [3.05, 3.63) is 77.7 Å². The topological polar surface area (TPSA) is 0 Å². The first-order valence-corrected chi connectivity index (χ1v) is 6.07. The third-order valence-electron chi connectivity index (χ3n) is 3.64. The SMILES string of the molecule is C[C-](c1ccccc1)C(C)(C)c1ccccc1.[Pd]. The molecule has 0 nitrogen and oxygen atoms in total.